The SMILES string of the molecule is CCC(Oc1cccc(NCC(=O)c2c(I)cc(I)c(N)c2I)c1)C(=O)O. The highest BCUT2D eigenvalue weighted by Gasteiger charge is 2.19. The first kappa shape index (κ1) is 22.5. The van der Waals surface area contributed by atoms with Gasteiger partial charge in [-0.1, -0.05) is 13.0 Å². The highest BCUT2D eigenvalue weighted by molar-refractivity contribution is 14.1. The summed E-state index contributed by atoms with van der Waals surface area (Å²) in [5.74, 6) is -0.647. The second-order valence-corrected chi connectivity index (χ2v) is 9.00. The lowest BCUT2D eigenvalue weighted by Gasteiger charge is -2.15. The van der Waals surface area contributed by atoms with Crippen LogP contribution < -0.4 is 15.8 Å². The zero-order valence-electron chi connectivity index (χ0n) is 14.3. The number of ketones is 1. The van der Waals surface area contributed by atoms with Gasteiger partial charge in [0, 0.05) is 28.0 Å². The fourth-order valence-electron chi connectivity index (χ4n) is 2.28. The van der Waals surface area contributed by atoms with Crippen molar-refractivity contribution in [3.8, 4) is 5.75 Å². The molecule has 27 heavy (non-hydrogen) atoms. The molecule has 0 radical (unpaired) electrons. The average Bonchev–Trinajstić information content (AvgIpc) is 2.62. The quantitative estimate of drug-likeness (QED) is 0.211. The summed E-state index contributed by atoms with van der Waals surface area (Å²) in [6, 6.07) is 8.78. The molecule has 6 nitrogen and oxygen atoms in total. The van der Waals surface area contributed by atoms with Crippen LogP contribution in [0.25, 0.3) is 0 Å². The van der Waals surface area contributed by atoms with Crippen molar-refractivity contribution in [1.82, 2.24) is 0 Å². The van der Waals surface area contributed by atoms with Gasteiger partial charge in [-0.05, 0) is 92.4 Å². The standard InChI is InChI=1S/C18H17I3N2O4/c1-2-14(18(25)26)27-10-5-3-4-9(6-10)23-8-13(24)15-11(19)7-12(20)17(22)16(15)21/h3-7,14,23H,2,8,22H2,1H3,(H,25,26). The first-order valence-electron chi connectivity index (χ1n) is 7.94. The Labute approximate surface area is 198 Å². The van der Waals surface area contributed by atoms with Crippen LogP contribution in [0.5, 0.6) is 5.75 Å². The molecule has 2 aromatic carbocycles. The lowest BCUT2D eigenvalue weighted by Crippen LogP contribution is -2.25. The van der Waals surface area contributed by atoms with Crippen LogP contribution in [0.3, 0.4) is 0 Å². The predicted molar refractivity (Wildman–Crippen MR) is 131 cm³/mol. The summed E-state index contributed by atoms with van der Waals surface area (Å²) in [5.41, 5.74) is 7.92. The minimum Gasteiger partial charge on any atom is -0.479 e. The van der Waals surface area contributed by atoms with Crippen LogP contribution in [0.1, 0.15) is 23.7 Å². The summed E-state index contributed by atoms with van der Waals surface area (Å²) in [7, 11) is 0. The first-order chi connectivity index (χ1) is 12.7. The van der Waals surface area contributed by atoms with Gasteiger partial charge in [0.25, 0.3) is 0 Å². The van der Waals surface area contributed by atoms with E-state index < -0.39 is 12.1 Å². The Balaban J connectivity index is 2.11. The Bertz CT molecular complexity index is 874. The van der Waals surface area contributed by atoms with Gasteiger partial charge < -0.3 is 20.9 Å². The molecule has 144 valence electrons. The zero-order chi connectivity index (χ0) is 20.1. The minimum absolute atomic E-state index is 0.0739. The molecule has 0 aliphatic carbocycles. The lowest BCUT2D eigenvalue weighted by atomic mass is 10.1. The van der Waals surface area contributed by atoms with E-state index in [4.69, 9.17) is 15.6 Å². The second-order valence-electron chi connectivity index (χ2n) is 5.60. The predicted octanol–water partition coefficient (Wildman–Crippen LogP) is 4.62. The van der Waals surface area contributed by atoms with Crippen molar-refractivity contribution in [2.24, 2.45) is 0 Å². The van der Waals surface area contributed by atoms with Crippen molar-refractivity contribution in [1.29, 1.82) is 0 Å². The van der Waals surface area contributed by atoms with Crippen LogP contribution in [0, 0.1) is 10.7 Å². The van der Waals surface area contributed by atoms with Gasteiger partial charge in [-0.25, -0.2) is 4.79 Å². The number of hydrogen-bond acceptors (Lipinski definition) is 5. The van der Waals surface area contributed by atoms with Crippen LogP contribution in [-0.2, 0) is 4.79 Å². The molecule has 0 aliphatic heterocycles. The third-order valence-corrected chi connectivity index (χ3v) is 6.56. The number of carbonyl (C=O) groups excluding carboxylic acids is 1. The number of nitrogen functional groups attached to an aromatic ring is 1. The molecule has 0 aromatic heterocycles. The van der Waals surface area contributed by atoms with E-state index >= 15 is 0 Å². The van der Waals surface area contributed by atoms with Crippen LogP contribution in [0.2, 0.25) is 0 Å². The number of anilines is 2. The van der Waals surface area contributed by atoms with Gasteiger partial charge in [0.05, 0.1) is 12.2 Å². The average molecular weight is 706 g/mol. The van der Waals surface area contributed by atoms with E-state index in [9.17, 15) is 9.59 Å². The molecule has 0 bridgehead atoms. The van der Waals surface area contributed by atoms with Crippen molar-refractivity contribution in [2.75, 3.05) is 17.6 Å². The minimum atomic E-state index is -1.01. The molecule has 2 aromatic rings. The highest BCUT2D eigenvalue weighted by Crippen LogP contribution is 2.30. The molecule has 1 atom stereocenters. The Kier molecular flexibility index (Phi) is 8.39. The van der Waals surface area contributed by atoms with Gasteiger partial charge in [0.2, 0.25) is 0 Å². The van der Waals surface area contributed by atoms with Crippen molar-refractivity contribution >= 4 is 90.9 Å². The number of rotatable bonds is 8. The summed E-state index contributed by atoms with van der Waals surface area (Å²) in [5, 5.41) is 12.2. The number of halogens is 3. The Hall–Kier alpha value is -0.830. The van der Waals surface area contributed by atoms with Gasteiger partial charge in [-0.3, -0.25) is 4.79 Å². The number of ether oxygens (including phenoxy) is 1. The fourth-order valence-corrected chi connectivity index (χ4v) is 6.26. The summed E-state index contributed by atoms with van der Waals surface area (Å²) < 4.78 is 8.00. The molecular formula is C18H17I3N2O4. The molecule has 0 amide bonds. The van der Waals surface area contributed by atoms with E-state index in [1.54, 1.807) is 31.2 Å². The van der Waals surface area contributed by atoms with Gasteiger partial charge in [-0.2, -0.15) is 0 Å². The van der Waals surface area contributed by atoms with E-state index in [-0.39, 0.29) is 12.3 Å². The van der Waals surface area contributed by atoms with Gasteiger partial charge in [0.1, 0.15) is 5.75 Å². The smallest absolute Gasteiger partial charge is 0.344 e. The molecule has 0 aliphatic rings. The number of Topliss-reactive ketones (excluding diaryl/α,β-unsaturated/α-hetero) is 1. The number of nitrogens with one attached hydrogen (secondary N) is 1. The summed E-state index contributed by atoms with van der Waals surface area (Å²) >= 11 is 6.38. The van der Waals surface area contributed by atoms with Crippen molar-refractivity contribution in [3.63, 3.8) is 0 Å². The van der Waals surface area contributed by atoms with Crippen LogP contribution in [-0.4, -0.2) is 29.5 Å². The molecule has 0 spiro atoms. The topological polar surface area (TPSA) is 102 Å². The van der Waals surface area contributed by atoms with E-state index in [1.807, 2.05) is 6.07 Å². The third-order valence-electron chi connectivity index (χ3n) is 3.70. The largest absolute Gasteiger partial charge is 0.479 e. The first-order valence-corrected chi connectivity index (χ1v) is 11.2. The summed E-state index contributed by atoms with van der Waals surface area (Å²) in [4.78, 5) is 23.8. The normalized spacial score (nSPS) is 11.7. The molecule has 4 N–H and O–H groups in total. The van der Waals surface area contributed by atoms with Crippen LogP contribution in [0.4, 0.5) is 11.4 Å². The maximum atomic E-state index is 12.7. The van der Waals surface area contributed by atoms with Gasteiger partial charge in [-0.15, -0.1) is 0 Å². The lowest BCUT2D eigenvalue weighted by molar-refractivity contribution is -0.145. The fraction of sp³-hybridized carbons (Fsp3) is 0.222. The number of nitrogens with two attached hydrogens (primary N) is 1. The van der Waals surface area contributed by atoms with Crippen molar-refractivity contribution in [3.05, 3.63) is 46.6 Å². The molecule has 0 fully saturated rings. The van der Waals surface area contributed by atoms with E-state index in [0.29, 0.717) is 29.1 Å². The van der Waals surface area contributed by atoms with E-state index in [1.165, 1.54) is 0 Å². The maximum absolute atomic E-state index is 12.7. The van der Waals surface area contributed by atoms with E-state index in [2.05, 4.69) is 73.1 Å². The molecular weight excluding hydrogens is 689 g/mol. The van der Waals surface area contributed by atoms with E-state index in [0.717, 1.165) is 10.7 Å². The Morgan fingerprint density at radius 1 is 1.22 bits per heavy atom. The molecule has 0 heterocycles. The third kappa shape index (κ3) is 5.82. The molecule has 0 saturated heterocycles. The Morgan fingerprint density at radius 3 is 2.56 bits per heavy atom. The molecule has 9 heteroatoms. The van der Waals surface area contributed by atoms with Gasteiger partial charge >= 0.3 is 5.97 Å². The van der Waals surface area contributed by atoms with Crippen molar-refractivity contribution in [2.45, 2.75) is 19.4 Å². The number of aliphatic carboxylic acids is 1. The van der Waals surface area contributed by atoms with Crippen LogP contribution in [0.15, 0.2) is 30.3 Å². The number of carbonyl (C=O) groups is 2. The maximum Gasteiger partial charge on any atom is 0.344 e. The number of hydrogen-bond donors (Lipinski definition) is 3. The van der Waals surface area contributed by atoms with Crippen LogP contribution >= 0.6 is 67.8 Å². The number of carboxylic acid groups (broad SMARTS) is 1. The molecule has 0 saturated carbocycles. The second kappa shape index (κ2) is 10.1. The molecule has 1 unspecified atom stereocenters. The Morgan fingerprint density at radius 2 is 1.93 bits per heavy atom. The molecule has 2 rings (SSSR count). The summed E-state index contributed by atoms with van der Waals surface area (Å²) in [6.07, 6.45) is -0.545. The number of benzene rings is 2. The number of carboxylic acids is 1. The summed E-state index contributed by atoms with van der Waals surface area (Å²) in [6.45, 7) is 1.83. The monoisotopic (exact) mass is 706 g/mol. The van der Waals surface area contributed by atoms with Crippen molar-refractivity contribution < 1.29 is 19.4 Å². The van der Waals surface area contributed by atoms with Gasteiger partial charge in [0.15, 0.2) is 11.9 Å². The highest BCUT2D eigenvalue weighted by atomic mass is 127. The zero-order valence-corrected chi connectivity index (χ0v) is 20.7.